The number of hydrogen-bond acceptors (Lipinski definition) is 3. The fraction of sp³-hybridized carbons (Fsp3) is 0.529. The Kier molecular flexibility index (Phi) is 3.53. The van der Waals surface area contributed by atoms with E-state index in [0.717, 1.165) is 43.6 Å². The van der Waals surface area contributed by atoms with Crippen LogP contribution < -0.4 is 0 Å². The molecule has 1 saturated heterocycles. The Morgan fingerprint density at radius 1 is 1.36 bits per heavy atom. The van der Waals surface area contributed by atoms with Crippen LogP contribution in [-0.4, -0.2) is 33.7 Å². The normalized spacial score (nSPS) is 21.1. The van der Waals surface area contributed by atoms with E-state index in [2.05, 4.69) is 24.3 Å². The highest BCUT2D eigenvalue weighted by atomic mass is 32.1. The molecule has 1 aliphatic heterocycles. The van der Waals surface area contributed by atoms with Crippen molar-refractivity contribution in [3.05, 3.63) is 39.3 Å². The van der Waals surface area contributed by atoms with Crippen molar-refractivity contribution in [3.8, 4) is 0 Å². The lowest BCUT2D eigenvalue weighted by Gasteiger charge is -2.32. The molecule has 2 aliphatic rings. The summed E-state index contributed by atoms with van der Waals surface area (Å²) in [6.45, 7) is 3.71. The zero-order chi connectivity index (χ0) is 15.1. The molecule has 4 nitrogen and oxygen atoms in total. The van der Waals surface area contributed by atoms with Crippen LogP contribution in [0.5, 0.6) is 0 Å². The molecule has 0 N–H and O–H groups in total. The minimum atomic E-state index is 0.216. The summed E-state index contributed by atoms with van der Waals surface area (Å²) in [7, 11) is 0. The number of rotatable bonds is 2. The molecule has 0 spiro atoms. The van der Waals surface area contributed by atoms with Gasteiger partial charge in [-0.1, -0.05) is 0 Å². The van der Waals surface area contributed by atoms with Gasteiger partial charge in [0.05, 0.1) is 17.1 Å². The third-order valence-electron chi connectivity index (χ3n) is 4.75. The number of nitrogens with zero attached hydrogens (tertiary/aromatic N) is 3. The van der Waals surface area contributed by atoms with Crippen LogP contribution in [0.4, 0.5) is 0 Å². The van der Waals surface area contributed by atoms with Crippen LogP contribution in [0.25, 0.3) is 0 Å². The Morgan fingerprint density at radius 2 is 2.27 bits per heavy atom. The van der Waals surface area contributed by atoms with Gasteiger partial charge >= 0.3 is 0 Å². The predicted molar refractivity (Wildman–Crippen MR) is 87.5 cm³/mol. The van der Waals surface area contributed by atoms with Gasteiger partial charge in [-0.3, -0.25) is 9.48 Å². The topological polar surface area (TPSA) is 38.1 Å². The number of likely N-dealkylation sites (tertiary alicyclic amines) is 1. The van der Waals surface area contributed by atoms with Crippen molar-refractivity contribution >= 4 is 17.2 Å². The number of piperidine rings is 1. The summed E-state index contributed by atoms with van der Waals surface area (Å²) in [6.07, 6.45) is 9.69. The fourth-order valence-electron chi connectivity index (χ4n) is 3.58. The molecule has 116 valence electrons. The van der Waals surface area contributed by atoms with Gasteiger partial charge in [-0.2, -0.15) is 5.10 Å². The summed E-state index contributed by atoms with van der Waals surface area (Å²) < 4.78 is 2.03. The van der Waals surface area contributed by atoms with Crippen molar-refractivity contribution in [2.45, 2.75) is 45.1 Å². The van der Waals surface area contributed by atoms with Gasteiger partial charge in [-0.05, 0) is 56.2 Å². The number of thiophene rings is 1. The summed E-state index contributed by atoms with van der Waals surface area (Å²) in [6, 6.07) is 2.45. The molecule has 0 unspecified atom stereocenters. The summed E-state index contributed by atoms with van der Waals surface area (Å²) >= 11 is 1.71. The molecule has 1 amide bonds. The molecular formula is C17H21N3OS. The minimum absolute atomic E-state index is 0.216. The van der Waals surface area contributed by atoms with Crippen molar-refractivity contribution in [1.29, 1.82) is 0 Å². The molecule has 0 bridgehead atoms. The molecule has 1 aliphatic carbocycles. The second-order valence-corrected chi connectivity index (χ2v) is 7.59. The van der Waals surface area contributed by atoms with Crippen LogP contribution in [0.2, 0.25) is 0 Å². The Balaban J connectivity index is 1.50. The van der Waals surface area contributed by atoms with Crippen LogP contribution in [0.1, 0.15) is 51.0 Å². The van der Waals surface area contributed by atoms with Crippen molar-refractivity contribution < 1.29 is 4.79 Å². The van der Waals surface area contributed by atoms with Crippen molar-refractivity contribution in [2.24, 2.45) is 0 Å². The molecule has 3 heterocycles. The zero-order valence-electron chi connectivity index (χ0n) is 12.9. The van der Waals surface area contributed by atoms with E-state index >= 15 is 0 Å². The Hall–Kier alpha value is -1.62. The van der Waals surface area contributed by atoms with E-state index in [9.17, 15) is 4.79 Å². The average Bonchev–Trinajstić information content (AvgIpc) is 3.21. The lowest BCUT2D eigenvalue weighted by Crippen LogP contribution is -2.40. The van der Waals surface area contributed by atoms with E-state index in [-0.39, 0.29) is 5.91 Å². The third-order valence-corrected chi connectivity index (χ3v) is 5.97. The van der Waals surface area contributed by atoms with Crippen molar-refractivity contribution in [2.75, 3.05) is 13.1 Å². The molecule has 1 fully saturated rings. The van der Waals surface area contributed by atoms with E-state index in [1.165, 1.54) is 22.4 Å². The van der Waals surface area contributed by atoms with Gasteiger partial charge in [-0.25, -0.2) is 0 Å². The van der Waals surface area contributed by atoms with Gasteiger partial charge in [0, 0.05) is 24.2 Å². The number of carbonyl (C=O) groups is 1. The first kappa shape index (κ1) is 14.0. The van der Waals surface area contributed by atoms with Crippen LogP contribution >= 0.6 is 11.3 Å². The second kappa shape index (κ2) is 5.54. The van der Waals surface area contributed by atoms with E-state index in [1.54, 1.807) is 11.3 Å². The predicted octanol–water partition coefficient (Wildman–Crippen LogP) is 3.22. The number of amides is 1. The number of fused-ring (bicyclic) bond motifs is 1. The first-order chi connectivity index (χ1) is 10.7. The van der Waals surface area contributed by atoms with Gasteiger partial charge in [0.1, 0.15) is 0 Å². The average molecular weight is 315 g/mol. The van der Waals surface area contributed by atoms with Crippen LogP contribution in [0.3, 0.4) is 0 Å². The fourth-order valence-corrected chi connectivity index (χ4v) is 4.80. The highest BCUT2D eigenvalue weighted by molar-refractivity contribution is 7.14. The van der Waals surface area contributed by atoms with Crippen molar-refractivity contribution in [1.82, 2.24) is 14.7 Å². The summed E-state index contributed by atoms with van der Waals surface area (Å²) in [4.78, 5) is 17.2. The lowest BCUT2D eigenvalue weighted by molar-refractivity contribution is 0.0678. The van der Waals surface area contributed by atoms with E-state index < -0.39 is 0 Å². The molecule has 0 saturated carbocycles. The number of aromatic nitrogens is 2. The van der Waals surface area contributed by atoms with Gasteiger partial charge in [0.25, 0.3) is 5.91 Å². The largest absolute Gasteiger partial charge is 0.336 e. The monoisotopic (exact) mass is 315 g/mol. The highest BCUT2D eigenvalue weighted by Crippen LogP contribution is 2.32. The summed E-state index contributed by atoms with van der Waals surface area (Å²) in [5.41, 5.74) is 2.59. The van der Waals surface area contributed by atoms with E-state index in [4.69, 9.17) is 0 Å². The third kappa shape index (κ3) is 2.47. The summed E-state index contributed by atoms with van der Waals surface area (Å²) in [5.74, 6) is 0.216. The Labute approximate surface area is 134 Å². The molecule has 2 aromatic heterocycles. The maximum absolute atomic E-state index is 12.8. The standard InChI is InChI=1S/C17H21N3OS/c1-12-9-18-20(10-12)14-5-3-7-19(11-14)17(21)16-8-13-4-2-6-15(13)22-16/h8-10,14H,2-7,11H2,1H3/t14-/m1/s1. The first-order valence-electron chi connectivity index (χ1n) is 8.12. The minimum Gasteiger partial charge on any atom is -0.336 e. The van der Waals surface area contributed by atoms with Crippen LogP contribution in [0, 0.1) is 6.92 Å². The highest BCUT2D eigenvalue weighted by Gasteiger charge is 2.28. The Bertz CT molecular complexity index is 681. The van der Waals surface area contributed by atoms with Gasteiger partial charge in [0.15, 0.2) is 0 Å². The smallest absolute Gasteiger partial charge is 0.264 e. The van der Waals surface area contributed by atoms with Gasteiger partial charge in [-0.15, -0.1) is 11.3 Å². The van der Waals surface area contributed by atoms with Crippen LogP contribution in [-0.2, 0) is 12.8 Å². The molecule has 5 heteroatoms. The van der Waals surface area contributed by atoms with Crippen LogP contribution in [0.15, 0.2) is 18.5 Å². The van der Waals surface area contributed by atoms with Crippen molar-refractivity contribution in [3.63, 3.8) is 0 Å². The maximum atomic E-state index is 12.8. The van der Waals surface area contributed by atoms with Gasteiger partial charge < -0.3 is 4.90 Å². The SMILES string of the molecule is Cc1cnn([C@@H]2CCCN(C(=O)c3cc4c(s3)CCC4)C2)c1. The maximum Gasteiger partial charge on any atom is 0.264 e. The lowest BCUT2D eigenvalue weighted by atomic mass is 10.1. The summed E-state index contributed by atoms with van der Waals surface area (Å²) in [5, 5.41) is 4.43. The first-order valence-corrected chi connectivity index (χ1v) is 8.94. The van der Waals surface area contributed by atoms with E-state index in [1.807, 2.05) is 15.8 Å². The quantitative estimate of drug-likeness (QED) is 0.853. The number of carbonyl (C=O) groups excluding carboxylic acids is 1. The molecule has 4 rings (SSSR count). The number of hydrogen-bond donors (Lipinski definition) is 0. The van der Waals surface area contributed by atoms with Gasteiger partial charge in [0.2, 0.25) is 0 Å². The molecule has 2 aromatic rings. The van der Waals surface area contributed by atoms with E-state index in [0.29, 0.717) is 6.04 Å². The molecule has 0 radical (unpaired) electrons. The second-order valence-electron chi connectivity index (χ2n) is 6.46. The molecular weight excluding hydrogens is 294 g/mol. The molecule has 0 aromatic carbocycles. The molecule has 1 atom stereocenters. The number of aryl methyl sites for hydroxylation is 3. The molecule has 22 heavy (non-hydrogen) atoms. The zero-order valence-corrected chi connectivity index (χ0v) is 13.7. The Morgan fingerprint density at radius 3 is 3.05 bits per heavy atom.